The number of ether oxygens (including phenoxy) is 2. The lowest BCUT2D eigenvalue weighted by atomic mass is 9.91. The van der Waals surface area contributed by atoms with Gasteiger partial charge in [0.1, 0.15) is 10.5 Å². The molecule has 2 aliphatic rings. The quantitative estimate of drug-likeness (QED) is 0.170. The summed E-state index contributed by atoms with van der Waals surface area (Å²) >= 11 is 7.79. The Hall–Kier alpha value is -4.10. The second-order valence-electron chi connectivity index (χ2n) is 14.4. The van der Waals surface area contributed by atoms with Crippen molar-refractivity contribution in [3.05, 3.63) is 64.3 Å². The van der Waals surface area contributed by atoms with Crippen LogP contribution < -0.4 is 0 Å². The molecule has 268 valence electrons. The standard InChI is InChI=1S/C38H43ClN6O5S/c1-7-45-28-13-12-26(40-32(28)31(42-45)23-14-16-43(17-15-23)25-19-44(20-25)37(48)49-6)35-41-27-18-21(2)29(33(36(46)47)50-38(3,4)5)30(34(27)51-35)22-8-10-24(39)11-9-22/h8-13,18,23,25,33H,7,14-17,19-20H2,1-6H3,(H,46,47)/t33-/m0/s1. The molecular formula is C38H43ClN6O5S. The number of hydrogen-bond donors (Lipinski definition) is 1. The minimum Gasteiger partial charge on any atom is -0.479 e. The number of pyridine rings is 1. The summed E-state index contributed by atoms with van der Waals surface area (Å²) in [5, 5.41) is 16.9. The summed E-state index contributed by atoms with van der Waals surface area (Å²) in [5.41, 5.74) is 6.72. The van der Waals surface area contributed by atoms with E-state index in [0.29, 0.717) is 29.7 Å². The van der Waals surface area contributed by atoms with Crippen molar-refractivity contribution in [1.29, 1.82) is 0 Å². The maximum atomic E-state index is 12.8. The zero-order chi connectivity index (χ0) is 36.2. The van der Waals surface area contributed by atoms with Crippen molar-refractivity contribution in [2.75, 3.05) is 33.3 Å². The van der Waals surface area contributed by atoms with Crippen molar-refractivity contribution >= 4 is 56.3 Å². The molecule has 11 nitrogen and oxygen atoms in total. The third-order valence-electron chi connectivity index (χ3n) is 9.89. The van der Waals surface area contributed by atoms with Crippen LogP contribution in [0.3, 0.4) is 0 Å². The highest BCUT2D eigenvalue weighted by molar-refractivity contribution is 7.22. The lowest BCUT2D eigenvalue weighted by Gasteiger charge is -2.46. The highest BCUT2D eigenvalue weighted by Crippen LogP contribution is 2.45. The predicted molar refractivity (Wildman–Crippen MR) is 200 cm³/mol. The molecule has 7 rings (SSSR count). The summed E-state index contributed by atoms with van der Waals surface area (Å²) in [7, 11) is 1.42. The topological polar surface area (TPSA) is 123 Å². The van der Waals surface area contributed by atoms with Crippen LogP contribution in [0.15, 0.2) is 42.5 Å². The van der Waals surface area contributed by atoms with Crippen LogP contribution in [0.5, 0.6) is 0 Å². The summed E-state index contributed by atoms with van der Waals surface area (Å²) in [4.78, 5) is 39.1. The van der Waals surface area contributed by atoms with Gasteiger partial charge in [0.15, 0.2) is 6.10 Å². The Morgan fingerprint density at radius 3 is 2.41 bits per heavy atom. The summed E-state index contributed by atoms with van der Waals surface area (Å²) in [5.74, 6) is -0.787. The molecule has 5 aromatic rings. The average Bonchev–Trinajstić information content (AvgIpc) is 3.67. The predicted octanol–water partition coefficient (Wildman–Crippen LogP) is 7.93. The highest BCUT2D eigenvalue weighted by Gasteiger charge is 2.38. The molecule has 2 fully saturated rings. The molecule has 3 aromatic heterocycles. The molecule has 0 radical (unpaired) electrons. The molecule has 13 heteroatoms. The first-order chi connectivity index (χ1) is 24.3. The number of aromatic nitrogens is 4. The third-order valence-corrected chi connectivity index (χ3v) is 11.3. The third kappa shape index (κ3) is 6.82. The van der Waals surface area contributed by atoms with Gasteiger partial charge in [0, 0.05) is 47.7 Å². The van der Waals surface area contributed by atoms with Gasteiger partial charge in [-0.1, -0.05) is 23.7 Å². The molecule has 0 spiro atoms. The Kier molecular flexibility index (Phi) is 9.55. The van der Waals surface area contributed by atoms with E-state index in [9.17, 15) is 14.7 Å². The van der Waals surface area contributed by atoms with Gasteiger partial charge in [0.25, 0.3) is 0 Å². The number of nitrogens with zero attached hydrogens (tertiary/aromatic N) is 6. The fourth-order valence-corrected chi connectivity index (χ4v) is 8.59. The number of carbonyl (C=O) groups excluding carboxylic acids is 1. The number of likely N-dealkylation sites (tertiary alicyclic amines) is 2. The second kappa shape index (κ2) is 13.8. The van der Waals surface area contributed by atoms with Gasteiger partial charge in [-0.25, -0.2) is 19.6 Å². The van der Waals surface area contributed by atoms with Gasteiger partial charge in [0.05, 0.1) is 39.8 Å². The zero-order valence-corrected chi connectivity index (χ0v) is 31.3. The molecular weight excluding hydrogens is 688 g/mol. The number of fused-ring (bicyclic) bond motifs is 2. The second-order valence-corrected chi connectivity index (χ2v) is 15.8. The molecule has 2 saturated heterocycles. The molecule has 5 heterocycles. The van der Waals surface area contributed by atoms with Crippen molar-refractivity contribution < 1.29 is 24.2 Å². The number of aryl methyl sites for hydroxylation is 2. The van der Waals surface area contributed by atoms with E-state index in [0.717, 1.165) is 86.8 Å². The number of rotatable bonds is 8. The molecule has 0 bridgehead atoms. The molecule has 51 heavy (non-hydrogen) atoms. The van der Waals surface area contributed by atoms with E-state index < -0.39 is 17.7 Å². The lowest BCUT2D eigenvalue weighted by molar-refractivity contribution is -0.160. The van der Waals surface area contributed by atoms with Crippen molar-refractivity contribution in [3.8, 4) is 21.8 Å². The summed E-state index contributed by atoms with van der Waals surface area (Å²) in [6.07, 6.45) is 0.477. The molecule has 0 saturated carbocycles. The Labute approximate surface area is 306 Å². The smallest absolute Gasteiger partial charge is 0.409 e. The van der Waals surface area contributed by atoms with E-state index in [2.05, 4.69) is 17.9 Å². The Morgan fingerprint density at radius 1 is 1.08 bits per heavy atom. The normalized spacial score (nSPS) is 16.9. The molecule has 0 unspecified atom stereocenters. The summed E-state index contributed by atoms with van der Waals surface area (Å²) < 4.78 is 13.9. The molecule has 1 amide bonds. The Bertz CT molecular complexity index is 2110. The van der Waals surface area contributed by atoms with Crippen LogP contribution in [-0.2, 0) is 20.8 Å². The fourth-order valence-electron chi connectivity index (χ4n) is 7.37. The van der Waals surface area contributed by atoms with E-state index >= 15 is 0 Å². The summed E-state index contributed by atoms with van der Waals surface area (Å²) in [6.45, 7) is 13.6. The Morgan fingerprint density at radius 2 is 1.78 bits per heavy atom. The van der Waals surface area contributed by atoms with Crippen molar-refractivity contribution in [2.45, 2.75) is 77.7 Å². The lowest BCUT2D eigenvalue weighted by Crippen LogP contribution is -2.62. The average molecular weight is 731 g/mol. The number of thiazole rings is 1. The van der Waals surface area contributed by atoms with Crippen molar-refractivity contribution in [2.24, 2.45) is 0 Å². The Balaban J connectivity index is 1.26. The number of carboxylic acid groups (broad SMARTS) is 1. The van der Waals surface area contributed by atoms with Crippen LogP contribution in [0.25, 0.3) is 43.1 Å². The monoisotopic (exact) mass is 730 g/mol. The molecule has 1 N–H and O–H groups in total. The number of methoxy groups -OCH3 is 1. The molecule has 2 aliphatic heterocycles. The number of amides is 1. The van der Waals surface area contributed by atoms with Crippen LogP contribution in [0.2, 0.25) is 5.02 Å². The number of halogens is 1. The maximum absolute atomic E-state index is 12.8. The summed E-state index contributed by atoms with van der Waals surface area (Å²) in [6, 6.07) is 13.9. The van der Waals surface area contributed by atoms with Crippen LogP contribution >= 0.6 is 22.9 Å². The number of benzene rings is 2. The van der Waals surface area contributed by atoms with Crippen LogP contribution in [0, 0.1) is 6.92 Å². The zero-order valence-electron chi connectivity index (χ0n) is 29.8. The van der Waals surface area contributed by atoms with Gasteiger partial charge in [0.2, 0.25) is 0 Å². The fraction of sp³-hybridized carbons (Fsp3) is 0.447. The van der Waals surface area contributed by atoms with E-state index in [1.54, 1.807) is 4.90 Å². The van der Waals surface area contributed by atoms with Gasteiger partial charge < -0.3 is 19.5 Å². The molecule has 1 atom stereocenters. The highest BCUT2D eigenvalue weighted by atomic mass is 35.5. The first kappa shape index (κ1) is 35.3. The van der Waals surface area contributed by atoms with E-state index in [1.165, 1.54) is 18.4 Å². The van der Waals surface area contributed by atoms with Crippen molar-refractivity contribution in [3.63, 3.8) is 0 Å². The largest absolute Gasteiger partial charge is 0.479 e. The van der Waals surface area contributed by atoms with Gasteiger partial charge in [-0.2, -0.15) is 5.10 Å². The van der Waals surface area contributed by atoms with Crippen LogP contribution in [0.1, 0.15) is 69.4 Å². The van der Waals surface area contributed by atoms with Gasteiger partial charge in [-0.15, -0.1) is 11.3 Å². The van der Waals surface area contributed by atoms with Crippen LogP contribution in [-0.4, -0.2) is 91.6 Å². The van der Waals surface area contributed by atoms with Crippen LogP contribution in [0.4, 0.5) is 4.79 Å². The van der Waals surface area contributed by atoms with Crippen molar-refractivity contribution in [1.82, 2.24) is 29.5 Å². The first-order valence-electron chi connectivity index (χ1n) is 17.4. The van der Waals surface area contributed by atoms with E-state index in [1.807, 2.05) is 68.8 Å². The SMILES string of the molecule is CCn1nc(C2CCN(C3CN(C(=O)OC)C3)CC2)c2nc(-c3nc4cc(C)c([C@H](OC(C)(C)C)C(=O)O)c(-c5ccc(Cl)cc5)c4s3)ccc21. The van der Waals surface area contributed by atoms with E-state index in [-0.39, 0.29) is 12.0 Å². The number of carboxylic acids is 1. The number of hydrogen-bond acceptors (Lipinski definition) is 9. The number of carbonyl (C=O) groups is 2. The minimum absolute atomic E-state index is 0.261. The van der Waals surface area contributed by atoms with Gasteiger partial charge in [-0.3, -0.25) is 9.58 Å². The van der Waals surface area contributed by atoms with Gasteiger partial charge in [-0.05, 0) is 102 Å². The maximum Gasteiger partial charge on any atom is 0.409 e. The minimum atomic E-state index is -1.19. The first-order valence-corrected chi connectivity index (χ1v) is 18.6. The molecule has 2 aromatic carbocycles. The van der Waals surface area contributed by atoms with E-state index in [4.69, 9.17) is 36.1 Å². The molecule has 0 aliphatic carbocycles. The number of aliphatic carboxylic acids is 1. The number of piperidine rings is 1. The van der Waals surface area contributed by atoms with Gasteiger partial charge >= 0.3 is 12.1 Å².